The van der Waals surface area contributed by atoms with E-state index in [2.05, 4.69) is 4.99 Å². The second-order valence-corrected chi connectivity index (χ2v) is 1.84. The van der Waals surface area contributed by atoms with E-state index in [1.165, 1.54) is 11.8 Å². The molecule has 2 nitrogen and oxygen atoms in total. The van der Waals surface area contributed by atoms with Crippen molar-refractivity contribution < 1.29 is 0 Å². The molecule has 50 valence electrons. The highest BCUT2D eigenvalue weighted by Gasteiger charge is 1.79. The number of hydrogen-bond donors (Lipinski definition) is 1. The van der Waals surface area contributed by atoms with Gasteiger partial charge in [-0.1, -0.05) is 11.8 Å². The lowest BCUT2D eigenvalue weighted by Crippen LogP contribution is -2.05. The number of thioether (sulfide) groups is 1. The first-order valence-corrected chi connectivity index (χ1v) is 3.37. The fraction of sp³-hybridized carbons (Fsp3) is 0.750. The predicted molar refractivity (Wildman–Crippen MR) is 42.9 cm³/mol. The average molecular weight is 155 g/mol. The van der Waals surface area contributed by atoms with Crippen molar-refractivity contribution in [3.63, 3.8) is 0 Å². The number of aliphatic imine (C=N–C) groups is 1. The van der Waals surface area contributed by atoms with E-state index in [1.807, 2.05) is 13.2 Å². The van der Waals surface area contributed by atoms with E-state index in [0.29, 0.717) is 5.17 Å². The molecule has 4 heteroatoms. The van der Waals surface area contributed by atoms with Crippen LogP contribution in [0.3, 0.4) is 0 Å². The number of hydrogen-bond acceptors (Lipinski definition) is 2. The van der Waals surface area contributed by atoms with Gasteiger partial charge in [0.15, 0.2) is 5.17 Å². The summed E-state index contributed by atoms with van der Waals surface area (Å²) in [6.45, 7) is 2.75. The first-order valence-electron chi connectivity index (χ1n) is 2.15. The molecule has 8 heavy (non-hydrogen) atoms. The van der Waals surface area contributed by atoms with Crippen LogP contribution in [-0.4, -0.2) is 18.0 Å². The second kappa shape index (κ2) is 7.11. The Bertz CT molecular complexity index is 74.4. The molecule has 0 rings (SSSR count). The van der Waals surface area contributed by atoms with Crippen molar-refractivity contribution in [2.45, 2.75) is 6.92 Å². The van der Waals surface area contributed by atoms with Crippen LogP contribution < -0.4 is 5.73 Å². The second-order valence-electron chi connectivity index (χ2n) is 1.02. The minimum absolute atomic E-state index is 0. The molecule has 0 atom stereocenters. The van der Waals surface area contributed by atoms with Crippen LogP contribution in [0.1, 0.15) is 6.92 Å². The minimum atomic E-state index is 0. The Morgan fingerprint density at radius 2 is 2.25 bits per heavy atom. The van der Waals surface area contributed by atoms with Gasteiger partial charge in [-0.05, 0) is 13.2 Å². The zero-order chi connectivity index (χ0) is 5.70. The Kier molecular flexibility index (Phi) is 9.76. The van der Waals surface area contributed by atoms with Crippen molar-refractivity contribution in [3.8, 4) is 0 Å². The van der Waals surface area contributed by atoms with E-state index in [4.69, 9.17) is 5.73 Å². The Labute approximate surface area is 60.3 Å². The van der Waals surface area contributed by atoms with Crippen molar-refractivity contribution in [1.29, 1.82) is 0 Å². The fourth-order valence-corrected chi connectivity index (χ4v) is 0.479. The largest absolute Gasteiger partial charge is 0.379 e. The molecule has 0 heterocycles. The van der Waals surface area contributed by atoms with E-state index >= 15 is 0 Å². The monoisotopic (exact) mass is 154 g/mol. The van der Waals surface area contributed by atoms with Crippen LogP contribution in [0, 0.1) is 0 Å². The van der Waals surface area contributed by atoms with Gasteiger partial charge in [0, 0.05) is 6.54 Å². The van der Waals surface area contributed by atoms with E-state index in [0.717, 1.165) is 6.54 Å². The van der Waals surface area contributed by atoms with Crippen LogP contribution in [0.5, 0.6) is 0 Å². The first kappa shape index (κ1) is 11.0. The zero-order valence-corrected chi connectivity index (χ0v) is 6.68. The zero-order valence-electron chi connectivity index (χ0n) is 5.05. The summed E-state index contributed by atoms with van der Waals surface area (Å²) < 4.78 is 0. The maximum atomic E-state index is 5.30. The topological polar surface area (TPSA) is 38.4 Å². The molecule has 0 aromatic heterocycles. The quantitative estimate of drug-likeness (QED) is 0.454. The minimum Gasteiger partial charge on any atom is -0.379 e. The van der Waals surface area contributed by atoms with Gasteiger partial charge in [-0.2, -0.15) is 0 Å². The van der Waals surface area contributed by atoms with Gasteiger partial charge in [0.1, 0.15) is 0 Å². The molecule has 0 spiro atoms. The van der Waals surface area contributed by atoms with Gasteiger partial charge in [0.2, 0.25) is 0 Å². The molecule has 0 saturated carbocycles. The fourth-order valence-electron chi connectivity index (χ4n) is 0.220. The molecule has 0 aromatic carbocycles. The van der Waals surface area contributed by atoms with Crippen molar-refractivity contribution in [3.05, 3.63) is 0 Å². The van der Waals surface area contributed by atoms with E-state index in [9.17, 15) is 0 Å². The van der Waals surface area contributed by atoms with Gasteiger partial charge in [-0.15, -0.1) is 12.4 Å². The normalized spacial score (nSPS) is 10.5. The maximum Gasteiger partial charge on any atom is 0.153 e. The van der Waals surface area contributed by atoms with Gasteiger partial charge in [-0.25, -0.2) is 0 Å². The predicted octanol–water partition coefficient (Wildman–Crippen LogP) is 1.11. The Hall–Kier alpha value is 0.110. The molecule has 2 N–H and O–H groups in total. The molecule has 0 amide bonds. The van der Waals surface area contributed by atoms with Crippen molar-refractivity contribution in [2.24, 2.45) is 10.7 Å². The SMILES string of the molecule is CCN=C(N)SC.Cl. The average Bonchev–Trinajstić information content (AvgIpc) is 1.68. The third kappa shape index (κ3) is 6.11. The molecule has 0 aliphatic heterocycles. The van der Waals surface area contributed by atoms with Crippen LogP contribution in [-0.2, 0) is 0 Å². The number of amidine groups is 1. The first-order chi connectivity index (χ1) is 3.31. The Morgan fingerprint density at radius 3 is 2.38 bits per heavy atom. The van der Waals surface area contributed by atoms with E-state index in [1.54, 1.807) is 0 Å². The lowest BCUT2D eigenvalue weighted by molar-refractivity contribution is 1.13. The van der Waals surface area contributed by atoms with Gasteiger partial charge in [-0.3, -0.25) is 4.99 Å². The molecule has 0 unspecified atom stereocenters. The van der Waals surface area contributed by atoms with Gasteiger partial charge in [0.05, 0.1) is 0 Å². The Morgan fingerprint density at radius 1 is 1.75 bits per heavy atom. The van der Waals surface area contributed by atoms with Crippen LogP contribution in [0.15, 0.2) is 4.99 Å². The van der Waals surface area contributed by atoms with Gasteiger partial charge >= 0.3 is 0 Å². The van der Waals surface area contributed by atoms with Crippen molar-refractivity contribution >= 4 is 29.3 Å². The lowest BCUT2D eigenvalue weighted by Gasteiger charge is -1.88. The number of nitrogens with two attached hydrogens (primary N) is 1. The molecule has 0 fully saturated rings. The highest BCUT2D eigenvalue weighted by atomic mass is 35.5. The Balaban J connectivity index is 0. The maximum absolute atomic E-state index is 5.30. The standard InChI is InChI=1S/C4H10N2S.ClH/c1-3-6-4(5)7-2;/h3H2,1-2H3,(H2,5,6);1H. The smallest absolute Gasteiger partial charge is 0.153 e. The third-order valence-electron chi connectivity index (χ3n) is 0.523. The number of nitrogens with zero attached hydrogens (tertiary/aromatic N) is 1. The molecule has 0 aliphatic rings. The summed E-state index contributed by atoms with van der Waals surface area (Å²) in [6, 6.07) is 0. The summed E-state index contributed by atoms with van der Waals surface area (Å²) in [5, 5.41) is 0.669. The van der Waals surface area contributed by atoms with Crippen LogP contribution in [0.4, 0.5) is 0 Å². The molecule has 0 bridgehead atoms. The molecule has 0 saturated heterocycles. The molecular weight excluding hydrogens is 144 g/mol. The van der Waals surface area contributed by atoms with Crippen LogP contribution in [0.25, 0.3) is 0 Å². The molecule has 0 aliphatic carbocycles. The van der Waals surface area contributed by atoms with Crippen LogP contribution >= 0.6 is 24.2 Å². The van der Waals surface area contributed by atoms with Gasteiger partial charge < -0.3 is 5.73 Å². The van der Waals surface area contributed by atoms with E-state index in [-0.39, 0.29) is 12.4 Å². The van der Waals surface area contributed by atoms with E-state index < -0.39 is 0 Å². The van der Waals surface area contributed by atoms with Gasteiger partial charge in [0.25, 0.3) is 0 Å². The highest BCUT2D eigenvalue weighted by molar-refractivity contribution is 8.13. The van der Waals surface area contributed by atoms with Crippen molar-refractivity contribution in [1.82, 2.24) is 0 Å². The number of rotatable bonds is 1. The highest BCUT2D eigenvalue weighted by Crippen LogP contribution is 1.88. The summed E-state index contributed by atoms with van der Waals surface area (Å²) in [5.74, 6) is 0. The number of halogens is 1. The summed E-state index contributed by atoms with van der Waals surface area (Å²) in [4.78, 5) is 3.90. The van der Waals surface area contributed by atoms with Crippen LogP contribution in [0.2, 0.25) is 0 Å². The summed E-state index contributed by atoms with van der Waals surface area (Å²) in [6.07, 6.45) is 1.91. The summed E-state index contributed by atoms with van der Waals surface area (Å²) in [7, 11) is 0. The lowest BCUT2D eigenvalue weighted by atomic mass is 10.8. The molecule has 0 aromatic rings. The van der Waals surface area contributed by atoms with Crippen molar-refractivity contribution in [2.75, 3.05) is 12.8 Å². The third-order valence-corrected chi connectivity index (χ3v) is 1.07. The molecular formula is C4H11ClN2S. The summed E-state index contributed by atoms with van der Waals surface area (Å²) in [5.41, 5.74) is 5.30. The summed E-state index contributed by atoms with van der Waals surface area (Å²) >= 11 is 1.48. The molecule has 0 radical (unpaired) electrons.